The Morgan fingerprint density at radius 2 is 2.29 bits per heavy atom. The molecular weight excluding hydrogens is 212 g/mol. The van der Waals surface area contributed by atoms with Crippen LogP contribution < -0.4 is 5.73 Å². The van der Waals surface area contributed by atoms with Gasteiger partial charge in [0.15, 0.2) is 5.65 Å². The van der Waals surface area contributed by atoms with E-state index in [1.54, 1.807) is 4.52 Å². The lowest BCUT2D eigenvalue weighted by Crippen LogP contribution is -2.08. The van der Waals surface area contributed by atoms with Gasteiger partial charge in [-0.15, -0.1) is 0 Å². The summed E-state index contributed by atoms with van der Waals surface area (Å²) >= 11 is 0. The van der Waals surface area contributed by atoms with Gasteiger partial charge in [0.05, 0.1) is 6.20 Å². The molecule has 0 aliphatic heterocycles. The average molecular weight is 230 g/mol. The van der Waals surface area contributed by atoms with Gasteiger partial charge in [-0.2, -0.15) is 9.61 Å². The van der Waals surface area contributed by atoms with E-state index < -0.39 is 0 Å². The van der Waals surface area contributed by atoms with Gasteiger partial charge >= 0.3 is 0 Å². The summed E-state index contributed by atoms with van der Waals surface area (Å²) in [6.45, 7) is 4.25. The van der Waals surface area contributed by atoms with E-state index in [2.05, 4.69) is 12.0 Å². The summed E-state index contributed by atoms with van der Waals surface area (Å²) in [7, 11) is 0. The van der Waals surface area contributed by atoms with Gasteiger partial charge in [-0.25, -0.2) is 4.98 Å². The van der Waals surface area contributed by atoms with Gasteiger partial charge < -0.3 is 5.73 Å². The summed E-state index contributed by atoms with van der Waals surface area (Å²) in [5.41, 5.74) is 9.18. The van der Waals surface area contributed by atoms with Gasteiger partial charge in [0.2, 0.25) is 0 Å². The van der Waals surface area contributed by atoms with Crippen molar-refractivity contribution < 1.29 is 0 Å². The molecule has 3 rings (SSSR count). The first-order valence-corrected chi connectivity index (χ1v) is 6.31. The van der Waals surface area contributed by atoms with Crippen LogP contribution in [-0.2, 0) is 0 Å². The summed E-state index contributed by atoms with van der Waals surface area (Å²) in [5, 5.41) is 4.23. The number of anilines is 1. The van der Waals surface area contributed by atoms with Crippen molar-refractivity contribution in [2.45, 2.75) is 39.0 Å². The second-order valence-corrected chi connectivity index (χ2v) is 5.02. The number of aromatic nitrogens is 3. The highest BCUT2D eigenvalue weighted by Crippen LogP contribution is 2.44. The Bertz CT molecular complexity index is 554. The molecule has 0 radical (unpaired) electrons. The van der Waals surface area contributed by atoms with Crippen molar-refractivity contribution in [3.8, 4) is 0 Å². The second kappa shape index (κ2) is 3.72. The molecule has 4 nitrogen and oxygen atoms in total. The molecule has 0 saturated heterocycles. The standard InChI is InChI=1S/C13H18N4/c1-3-10(9-4-5-9)11-6-12(14)17-13(16-11)8(2)7-15-17/h6-7,9-10H,3-5,14H2,1-2H3/t10-/m0/s1. The Labute approximate surface area is 101 Å². The lowest BCUT2D eigenvalue weighted by molar-refractivity contribution is 0.571. The van der Waals surface area contributed by atoms with Crippen LogP contribution in [0.25, 0.3) is 5.65 Å². The number of nitrogens with two attached hydrogens (primary N) is 1. The molecule has 2 aromatic rings. The van der Waals surface area contributed by atoms with Crippen molar-refractivity contribution in [1.82, 2.24) is 14.6 Å². The van der Waals surface area contributed by atoms with E-state index in [1.807, 2.05) is 19.2 Å². The molecule has 2 heterocycles. The van der Waals surface area contributed by atoms with Crippen LogP contribution in [0.3, 0.4) is 0 Å². The summed E-state index contributed by atoms with van der Waals surface area (Å²) < 4.78 is 1.72. The first kappa shape index (κ1) is 10.6. The van der Waals surface area contributed by atoms with E-state index >= 15 is 0 Å². The first-order chi connectivity index (χ1) is 8.20. The molecule has 17 heavy (non-hydrogen) atoms. The maximum atomic E-state index is 6.04. The number of aryl methyl sites for hydroxylation is 1. The zero-order valence-corrected chi connectivity index (χ0v) is 10.3. The Kier molecular flexibility index (Phi) is 2.31. The average Bonchev–Trinajstić information content (AvgIpc) is 3.06. The smallest absolute Gasteiger partial charge is 0.160 e. The van der Waals surface area contributed by atoms with Gasteiger partial charge in [0.1, 0.15) is 5.82 Å². The van der Waals surface area contributed by atoms with Crippen LogP contribution in [0.5, 0.6) is 0 Å². The lowest BCUT2D eigenvalue weighted by atomic mass is 9.96. The predicted molar refractivity (Wildman–Crippen MR) is 67.9 cm³/mol. The van der Waals surface area contributed by atoms with Crippen LogP contribution in [-0.4, -0.2) is 14.6 Å². The minimum atomic E-state index is 0.566. The highest BCUT2D eigenvalue weighted by molar-refractivity contribution is 5.52. The van der Waals surface area contributed by atoms with Crippen LogP contribution in [0, 0.1) is 12.8 Å². The number of fused-ring (bicyclic) bond motifs is 1. The van der Waals surface area contributed by atoms with E-state index in [4.69, 9.17) is 10.7 Å². The van der Waals surface area contributed by atoms with Gasteiger partial charge in [0.25, 0.3) is 0 Å². The van der Waals surface area contributed by atoms with Crippen molar-refractivity contribution in [1.29, 1.82) is 0 Å². The minimum Gasteiger partial charge on any atom is -0.384 e. The van der Waals surface area contributed by atoms with Crippen LogP contribution in [0.1, 0.15) is 43.4 Å². The van der Waals surface area contributed by atoms with E-state index in [0.717, 1.165) is 29.2 Å². The zero-order valence-electron chi connectivity index (χ0n) is 10.3. The summed E-state index contributed by atoms with van der Waals surface area (Å²) in [5.74, 6) is 2.08. The highest BCUT2D eigenvalue weighted by Gasteiger charge is 2.32. The molecule has 0 spiro atoms. The third-order valence-corrected chi connectivity index (χ3v) is 3.71. The third-order valence-electron chi connectivity index (χ3n) is 3.71. The van der Waals surface area contributed by atoms with Gasteiger partial charge in [-0.3, -0.25) is 0 Å². The Morgan fingerprint density at radius 3 is 2.94 bits per heavy atom. The normalized spacial score (nSPS) is 17.5. The third kappa shape index (κ3) is 1.68. The molecule has 0 bridgehead atoms. The minimum absolute atomic E-state index is 0.566. The molecule has 0 aromatic carbocycles. The van der Waals surface area contributed by atoms with Crippen LogP contribution in [0.2, 0.25) is 0 Å². The fraction of sp³-hybridized carbons (Fsp3) is 0.538. The second-order valence-electron chi connectivity index (χ2n) is 5.02. The number of rotatable bonds is 3. The van der Waals surface area contributed by atoms with Crippen molar-refractivity contribution in [2.24, 2.45) is 5.92 Å². The summed E-state index contributed by atoms with van der Waals surface area (Å²) in [6, 6.07) is 1.99. The van der Waals surface area contributed by atoms with E-state index in [9.17, 15) is 0 Å². The fourth-order valence-electron chi connectivity index (χ4n) is 2.59. The lowest BCUT2D eigenvalue weighted by Gasteiger charge is -2.14. The molecule has 0 amide bonds. The molecule has 1 atom stereocenters. The monoisotopic (exact) mass is 230 g/mol. The largest absolute Gasteiger partial charge is 0.384 e. The van der Waals surface area contributed by atoms with Gasteiger partial charge in [-0.05, 0) is 32.1 Å². The van der Waals surface area contributed by atoms with E-state index in [-0.39, 0.29) is 0 Å². The Morgan fingerprint density at radius 1 is 1.53 bits per heavy atom. The molecule has 1 saturated carbocycles. The molecule has 4 heteroatoms. The van der Waals surface area contributed by atoms with Crippen molar-refractivity contribution in [2.75, 3.05) is 5.73 Å². The molecule has 90 valence electrons. The Hall–Kier alpha value is -1.58. The molecule has 1 fully saturated rings. The van der Waals surface area contributed by atoms with Gasteiger partial charge in [0, 0.05) is 23.2 Å². The maximum absolute atomic E-state index is 6.04. The first-order valence-electron chi connectivity index (χ1n) is 6.31. The number of nitrogens with zero attached hydrogens (tertiary/aromatic N) is 3. The van der Waals surface area contributed by atoms with Gasteiger partial charge in [-0.1, -0.05) is 6.92 Å². The van der Waals surface area contributed by atoms with Crippen molar-refractivity contribution in [3.05, 3.63) is 23.5 Å². The van der Waals surface area contributed by atoms with Crippen LogP contribution >= 0.6 is 0 Å². The summed E-state index contributed by atoms with van der Waals surface area (Å²) in [6.07, 6.45) is 5.63. The molecule has 1 aliphatic rings. The van der Waals surface area contributed by atoms with E-state index in [0.29, 0.717) is 11.7 Å². The SMILES string of the molecule is CC[C@H](c1cc(N)n2ncc(C)c2n1)C1CC1. The molecule has 2 N–H and O–H groups in total. The number of hydrogen-bond donors (Lipinski definition) is 1. The molecule has 1 aliphatic carbocycles. The predicted octanol–water partition coefficient (Wildman–Crippen LogP) is 2.52. The summed E-state index contributed by atoms with van der Waals surface area (Å²) in [4.78, 5) is 4.75. The van der Waals surface area contributed by atoms with Crippen LogP contribution in [0.4, 0.5) is 5.82 Å². The van der Waals surface area contributed by atoms with Crippen molar-refractivity contribution in [3.63, 3.8) is 0 Å². The Balaban J connectivity index is 2.12. The topological polar surface area (TPSA) is 56.2 Å². The van der Waals surface area contributed by atoms with Crippen molar-refractivity contribution >= 4 is 11.5 Å². The molecular formula is C13H18N4. The highest BCUT2D eigenvalue weighted by atomic mass is 15.3. The molecule has 2 aromatic heterocycles. The quantitative estimate of drug-likeness (QED) is 0.881. The molecule has 0 unspecified atom stereocenters. The van der Waals surface area contributed by atoms with Crippen LogP contribution in [0.15, 0.2) is 12.3 Å². The maximum Gasteiger partial charge on any atom is 0.160 e. The zero-order chi connectivity index (χ0) is 12.0. The van der Waals surface area contributed by atoms with E-state index in [1.165, 1.54) is 12.8 Å². The fourth-order valence-corrected chi connectivity index (χ4v) is 2.59. The number of nitrogen functional groups attached to an aromatic ring is 1. The number of hydrogen-bond acceptors (Lipinski definition) is 3.